The highest BCUT2D eigenvalue weighted by atomic mass is 32.2. The van der Waals surface area contributed by atoms with Crippen LogP contribution in [-0.2, 0) is 21.4 Å². The zero-order chi connectivity index (χ0) is 19.0. The molecule has 8 heteroatoms. The number of benzene rings is 2. The zero-order valence-corrected chi connectivity index (χ0v) is 15.3. The summed E-state index contributed by atoms with van der Waals surface area (Å²) in [6.07, 6.45) is -0.0662. The molecule has 26 heavy (non-hydrogen) atoms. The molecule has 2 aromatic rings. The van der Waals surface area contributed by atoms with Crippen LogP contribution in [0.2, 0.25) is 0 Å². The summed E-state index contributed by atoms with van der Waals surface area (Å²) in [7, 11) is -3.99. The van der Waals surface area contributed by atoms with Crippen molar-refractivity contribution < 1.29 is 17.6 Å². The highest BCUT2D eigenvalue weighted by Crippen LogP contribution is 2.15. The Balaban J connectivity index is 1.91. The second-order valence-corrected chi connectivity index (χ2v) is 7.30. The van der Waals surface area contributed by atoms with E-state index >= 15 is 0 Å². The molecule has 0 atom stereocenters. The molecule has 0 spiro atoms. The maximum Gasteiger partial charge on any atom is 0.243 e. The van der Waals surface area contributed by atoms with Gasteiger partial charge in [0.25, 0.3) is 0 Å². The molecule has 0 bridgehead atoms. The van der Waals surface area contributed by atoms with E-state index in [0.29, 0.717) is 12.2 Å². The number of hydrogen-bond donors (Lipinski definition) is 3. The van der Waals surface area contributed by atoms with Crippen molar-refractivity contribution in [2.75, 3.05) is 18.4 Å². The fourth-order valence-corrected chi connectivity index (χ4v) is 3.42. The van der Waals surface area contributed by atoms with E-state index in [-0.39, 0.29) is 18.9 Å². The summed E-state index contributed by atoms with van der Waals surface area (Å²) in [5.74, 6) is -1.16. The number of carbonyl (C=O) groups is 1. The minimum Gasteiger partial charge on any atom is -0.326 e. The smallest absolute Gasteiger partial charge is 0.243 e. The predicted molar refractivity (Wildman–Crippen MR) is 98.7 cm³/mol. The molecule has 0 saturated heterocycles. The Morgan fingerprint density at radius 3 is 2.50 bits per heavy atom. The van der Waals surface area contributed by atoms with E-state index in [1.807, 2.05) is 25.1 Å². The molecule has 0 unspecified atom stereocenters. The first-order valence-electron chi connectivity index (χ1n) is 8.26. The quantitative estimate of drug-likeness (QED) is 0.624. The Kier molecular flexibility index (Phi) is 7.26. The van der Waals surface area contributed by atoms with Crippen LogP contribution in [0.1, 0.15) is 18.9 Å². The summed E-state index contributed by atoms with van der Waals surface area (Å²) in [5.41, 5.74) is 1.62. The molecule has 2 aromatic carbocycles. The first kappa shape index (κ1) is 20.0. The first-order valence-corrected chi connectivity index (χ1v) is 9.75. The molecule has 0 saturated carbocycles. The average molecular weight is 379 g/mol. The van der Waals surface area contributed by atoms with E-state index in [2.05, 4.69) is 15.4 Å². The predicted octanol–water partition coefficient (Wildman–Crippen LogP) is 2.24. The molecule has 0 aliphatic carbocycles. The van der Waals surface area contributed by atoms with Crippen LogP contribution in [0, 0.1) is 5.82 Å². The number of nitrogens with one attached hydrogen (secondary N) is 3. The zero-order valence-electron chi connectivity index (χ0n) is 14.5. The Morgan fingerprint density at radius 2 is 1.77 bits per heavy atom. The van der Waals surface area contributed by atoms with Crippen molar-refractivity contribution in [3.63, 3.8) is 0 Å². The van der Waals surface area contributed by atoms with Crippen molar-refractivity contribution in [2.24, 2.45) is 0 Å². The maximum atomic E-state index is 13.6. The Morgan fingerprint density at radius 1 is 1.08 bits per heavy atom. The maximum absolute atomic E-state index is 13.6. The fourth-order valence-electron chi connectivity index (χ4n) is 2.31. The van der Waals surface area contributed by atoms with Crippen LogP contribution in [0.15, 0.2) is 53.4 Å². The lowest BCUT2D eigenvalue weighted by Gasteiger charge is -2.12. The molecule has 0 heterocycles. The largest absolute Gasteiger partial charge is 0.326 e. The van der Waals surface area contributed by atoms with Gasteiger partial charge in [-0.05, 0) is 30.3 Å². The number of para-hydroxylation sites is 1. The highest BCUT2D eigenvalue weighted by molar-refractivity contribution is 7.89. The molecule has 0 radical (unpaired) electrons. The number of anilines is 1. The third kappa shape index (κ3) is 5.62. The summed E-state index contributed by atoms with van der Waals surface area (Å²) in [4.78, 5) is 11.7. The van der Waals surface area contributed by atoms with Gasteiger partial charge in [-0.15, -0.1) is 0 Å². The minimum absolute atomic E-state index is 0.0662. The third-order valence-electron chi connectivity index (χ3n) is 3.63. The topological polar surface area (TPSA) is 87.3 Å². The lowest BCUT2D eigenvalue weighted by Crippen LogP contribution is -2.28. The molecule has 2 rings (SSSR count). The molecular formula is C18H22FN3O3S. The molecule has 0 aliphatic heterocycles. The van der Waals surface area contributed by atoms with Crippen molar-refractivity contribution >= 4 is 21.6 Å². The summed E-state index contributed by atoms with van der Waals surface area (Å²) in [6.45, 7) is 3.29. The summed E-state index contributed by atoms with van der Waals surface area (Å²) < 4.78 is 40.0. The summed E-state index contributed by atoms with van der Waals surface area (Å²) in [5, 5.41) is 5.96. The molecule has 3 N–H and O–H groups in total. The normalized spacial score (nSPS) is 11.3. The second-order valence-electron chi connectivity index (χ2n) is 5.56. The average Bonchev–Trinajstić information content (AvgIpc) is 2.61. The van der Waals surface area contributed by atoms with Gasteiger partial charge in [0.1, 0.15) is 10.7 Å². The third-order valence-corrected chi connectivity index (χ3v) is 5.12. The van der Waals surface area contributed by atoms with Gasteiger partial charge < -0.3 is 10.6 Å². The Labute approximate surface area is 152 Å². The lowest BCUT2D eigenvalue weighted by molar-refractivity contribution is -0.116. The summed E-state index contributed by atoms with van der Waals surface area (Å²) in [6, 6.07) is 12.5. The number of halogens is 1. The molecule has 6 nitrogen and oxygen atoms in total. The van der Waals surface area contributed by atoms with Gasteiger partial charge in [-0.2, -0.15) is 0 Å². The number of sulfonamides is 1. The monoisotopic (exact) mass is 379 g/mol. The molecule has 140 valence electrons. The lowest BCUT2D eigenvalue weighted by atomic mass is 10.1. The van der Waals surface area contributed by atoms with Gasteiger partial charge in [0.15, 0.2) is 0 Å². The molecular weight excluding hydrogens is 357 g/mol. The van der Waals surface area contributed by atoms with Gasteiger partial charge in [-0.1, -0.05) is 37.3 Å². The van der Waals surface area contributed by atoms with Crippen LogP contribution in [0.3, 0.4) is 0 Å². The van der Waals surface area contributed by atoms with Crippen molar-refractivity contribution in [2.45, 2.75) is 24.8 Å². The van der Waals surface area contributed by atoms with E-state index < -0.39 is 20.7 Å². The number of amides is 1. The van der Waals surface area contributed by atoms with Crippen molar-refractivity contribution in [1.29, 1.82) is 0 Å². The van der Waals surface area contributed by atoms with Crippen LogP contribution >= 0.6 is 0 Å². The number of rotatable bonds is 9. The van der Waals surface area contributed by atoms with E-state index in [0.717, 1.165) is 18.2 Å². The van der Waals surface area contributed by atoms with Crippen LogP contribution in [-0.4, -0.2) is 27.4 Å². The van der Waals surface area contributed by atoms with Gasteiger partial charge in [0, 0.05) is 25.2 Å². The fraction of sp³-hybridized carbons (Fsp3) is 0.278. The number of carbonyl (C=O) groups excluding carboxylic acids is 1. The van der Waals surface area contributed by atoms with Crippen LogP contribution in [0.25, 0.3) is 0 Å². The SMILES string of the molecule is CCNCc1ccccc1NC(=O)CCNS(=O)(=O)c1ccccc1F. The molecule has 0 aromatic heterocycles. The Hall–Kier alpha value is -2.29. The number of hydrogen-bond acceptors (Lipinski definition) is 4. The van der Waals surface area contributed by atoms with Gasteiger partial charge in [-0.3, -0.25) is 4.79 Å². The summed E-state index contributed by atoms with van der Waals surface area (Å²) >= 11 is 0. The van der Waals surface area contributed by atoms with Gasteiger partial charge in [0.2, 0.25) is 15.9 Å². The molecule has 0 fully saturated rings. The van der Waals surface area contributed by atoms with Gasteiger partial charge in [0.05, 0.1) is 0 Å². The van der Waals surface area contributed by atoms with Crippen molar-refractivity contribution in [3.05, 3.63) is 59.9 Å². The van der Waals surface area contributed by atoms with E-state index in [1.54, 1.807) is 6.07 Å². The van der Waals surface area contributed by atoms with Gasteiger partial charge >= 0.3 is 0 Å². The first-order chi connectivity index (χ1) is 12.4. The van der Waals surface area contributed by atoms with E-state index in [4.69, 9.17) is 0 Å². The standard InChI is InChI=1S/C18H22FN3O3S/c1-2-20-13-14-7-3-5-9-16(14)22-18(23)11-12-21-26(24,25)17-10-6-4-8-15(17)19/h3-10,20-21H,2,11-13H2,1H3,(H,22,23). The van der Waals surface area contributed by atoms with E-state index in [1.165, 1.54) is 18.2 Å². The van der Waals surface area contributed by atoms with Crippen molar-refractivity contribution in [3.8, 4) is 0 Å². The highest BCUT2D eigenvalue weighted by Gasteiger charge is 2.18. The van der Waals surface area contributed by atoms with E-state index in [9.17, 15) is 17.6 Å². The molecule has 0 aliphatic rings. The Bertz CT molecular complexity index is 856. The van der Waals surface area contributed by atoms with Crippen LogP contribution in [0.5, 0.6) is 0 Å². The van der Waals surface area contributed by atoms with Crippen molar-refractivity contribution in [1.82, 2.24) is 10.0 Å². The van der Waals surface area contributed by atoms with Crippen LogP contribution in [0.4, 0.5) is 10.1 Å². The molecule has 1 amide bonds. The minimum atomic E-state index is -3.99. The second kappa shape index (κ2) is 9.42. The van der Waals surface area contributed by atoms with Crippen LogP contribution < -0.4 is 15.4 Å². The van der Waals surface area contributed by atoms with Gasteiger partial charge in [-0.25, -0.2) is 17.5 Å².